The third kappa shape index (κ3) is 2.17. The summed E-state index contributed by atoms with van der Waals surface area (Å²) in [7, 11) is 0. The zero-order chi connectivity index (χ0) is 11.5. The Morgan fingerprint density at radius 1 is 1.44 bits per heavy atom. The highest BCUT2D eigenvalue weighted by molar-refractivity contribution is 5.70. The van der Waals surface area contributed by atoms with Crippen LogP contribution >= 0.6 is 0 Å². The highest BCUT2D eigenvalue weighted by Gasteiger charge is 2.12. The number of nitrogens with two attached hydrogens (primary N) is 1. The molecule has 1 aromatic carbocycles. The van der Waals surface area contributed by atoms with E-state index in [9.17, 15) is 4.79 Å². The van der Waals surface area contributed by atoms with Crippen LogP contribution in [0, 0.1) is 0 Å². The van der Waals surface area contributed by atoms with E-state index in [4.69, 9.17) is 15.4 Å². The lowest BCUT2D eigenvalue weighted by Crippen LogP contribution is -2.31. The van der Waals surface area contributed by atoms with Gasteiger partial charge >= 0.3 is 5.97 Å². The molecule has 6 nitrogen and oxygen atoms in total. The molecule has 2 aromatic rings. The summed E-state index contributed by atoms with van der Waals surface area (Å²) in [5, 5.41) is 12.3. The first kappa shape index (κ1) is 10.2. The van der Waals surface area contributed by atoms with E-state index in [1.54, 1.807) is 24.3 Å². The lowest BCUT2D eigenvalue weighted by atomic mass is 10.1. The van der Waals surface area contributed by atoms with Crippen molar-refractivity contribution >= 4 is 11.9 Å². The summed E-state index contributed by atoms with van der Waals surface area (Å²) >= 11 is 0. The molecular formula is C10H10N3O3+. The fourth-order valence-corrected chi connectivity index (χ4v) is 1.32. The normalized spacial score (nSPS) is 10.2. The number of hydrogen-bond acceptors (Lipinski definition) is 4. The molecule has 0 atom stereocenters. The summed E-state index contributed by atoms with van der Waals surface area (Å²) in [5.74, 6) is -0.638. The second kappa shape index (κ2) is 4.01. The molecule has 0 saturated heterocycles. The standard InChI is InChI=1S/C10H9N3O3/c11-9-6-13(12-16-9)8-3-1-7(2-4-8)5-10(14)15/h1-4,6H,5H2,(H2-,11,12,14,15)/p+1. The average molecular weight is 220 g/mol. The Balaban J connectivity index is 2.22. The molecule has 0 aliphatic carbocycles. The van der Waals surface area contributed by atoms with Crippen LogP contribution in [0.5, 0.6) is 0 Å². The van der Waals surface area contributed by atoms with Gasteiger partial charge in [0, 0.05) is 12.1 Å². The van der Waals surface area contributed by atoms with Gasteiger partial charge in [0.15, 0.2) is 0 Å². The largest absolute Gasteiger partial charge is 0.481 e. The Kier molecular flexibility index (Phi) is 2.55. The van der Waals surface area contributed by atoms with Gasteiger partial charge < -0.3 is 10.8 Å². The van der Waals surface area contributed by atoms with Gasteiger partial charge in [-0.15, -0.1) is 0 Å². The van der Waals surface area contributed by atoms with Crippen LogP contribution < -0.4 is 10.4 Å². The van der Waals surface area contributed by atoms with E-state index < -0.39 is 5.97 Å². The number of carbonyl (C=O) groups is 1. The number of anilines is 1. The Bertz CT molecular complexity index is 504. The highest BCUT2D eigenvalue weighted by Crippen LogP contribution is 2.05. The van der Waals surface area contributed by atoms with Gasteiger partial charge in [-0.1, -0.05) is 12.1 Å². The predicted octanol–water partition coefficient (Wildman–Crippen LogP) is 0.161. The van der Waals surface area contributed by atoms with Gasteiger partial charge in [0.2, 0.25) is 11.0 Å². The molecule has 0 saturated carbocycles. The summed E-state index contributed by atoms with van der Waals surface area (Å²) in [6.45, 7) is 0. The molecule has 6 heteroatoms. The molecule has 0 aliphatic heterocycles. The minimum absolute atomic E-state index is 0.00585. The van der Waals surface area contributed by atoms with Crippen LogP contribution in [0.15, 0.2) is 35.0 Å². The Hall–Kier alpha value is -2.37. The van der Waals surface area contributed by atoms with E-state index in [0.29, 0.717) is 0 Å². The Morgan fingerprint density at radius 3 is 2.62 bits per heavy atom. The summed E-state index contributed by atoms with van der Waals surface area (Å²) in [6, 6.07) is 6.95. The monoisotopic (exact) mass is 220 g/mol. The van der Waals surface area contributed by atoms with Gasteiger partial charge in [-0.05, 0) is 10.2 Å². The van der Waals surface area contributed by atoms with Crippen molar-refractivity contribution in [2.24, 2.45) is 0 Å². The van der Waals surface area contributed by atoms with Crippen molar-refractivity contribution in [3.8, 4) is 5.69 Å². The zero-order valence-corrected chi connectivity index (χ0v) is 8.33. The maximum absolute atomic E-state index is 10.5. The van der Waals surface area contributed by atoms with Crippen molar-refractivity contribution < 1.29 is 19.1 Å². The van der Waals surface area contributed by atoms with Crippen LogP contribution in [-0.2, 0) is 11.2 Å². The zero-order valence-electron chi connectivity index (χ0n) is 8.33. The molecule has 0 aliphatic rings. The molecule has 0 amide bonds. The number of carboxylic acid groups (broad SMARTS) is 1. The van der Waals surface area contributed by atoms with E-state index in [1.807, 2.05) is 0 Å². The van der Waals surface area contributed by atoms with E-state index in [2.05, 4.69) is 5.27 Å². The quantitative estimate of drug-likeness (QED) is 0.719. The van der Waals surface area contributed by atoms with Crippen molar-refractivity contribution in [1.82, 2.24) is 5.27 Å². The van der Waals surface area contributed by atoms with Crippen LogP contribution in [0.1, 0.15) is 5.56 Å². The number of nitrogens with zero attached hydrogens (tertiary/aromatic N) is 2. The summed E-state index contributed by atoms with van der Waals surface area (Å²) in [5.41, 5.74) is 6.87. The second-order valence-electron chi connectivity index (χ2n) is 3.29. The molecule has 16 heavy (non-hydrogen) atoms. The lowest BCUT2D eigenvalue weighted by Gasteiger charge is -1.94. The highest BCUT2D eigenvalue weighted by atomic mass is 16.5. The summed E-state index contributed by atoms with van der Waals surface area (Å²) < 4.78 is 6.18. The van der Waals surface area contributed by atoms with Gasteiger partial charge in [-0.3, -0.25) is 9.32 Å². The first-order valence-electron chi connectivity index (χ1n) is 4.60. The van der Waals surface area contributed by atoms with Crippen molar-refractivity contribution in [1.29, 1.82) is 0 Å². The number of carboxylic acids is 1. The Morgan fingerprint density at radius 2 is 2.12 bits per heavy atom. The SMILES string of the molecule is Nc1c[n+](-c2ccc(CC(=O)O)cc2)no1. The molecule has 0 spiro atoms. The van der Waals surface area contributed by atoms with Crippen molar-refractivity contribution in [3.63, 3.8) is 0 Å². The summed E-state index contributed by atoms with van der Waals surface area (Å²) in [6.07, 6.45) is 1.54. The van der Waals surface area contributed by atoms with E-state index >= 15 is 0 Å². The van der Waals surface area contributed by atoms with Crippen LogP contribution in [0.4, 0.5) is 5.88 Å². The molecule has 0 bridgehead atoms. The predicted molar refractivity (Wildman–Crippen MR) is 53.8 cm³/mol. The molecule has 1 heterocycles. The molecule has 82 valence electrons. The van der Waals surface area contributed by atoms with Crippen LogP contribution in [0.25, 0.3) is 5.69 Å². The van der Waals surface area contributed by atoms with Gasteiger partial charge in [-0.25, -0.2) is 0 Å². The molecule has 0 unspecified atom stereocenters. The third-order valence-electron chi connectivity index (χ3n) is 2.04. The lowest BCUT2D eigenvalue weighted by molar-refractivity contribution is -0.670. The minimum Gasteiger partial charge on any atom is -0.481 e. The fraction of sp³-hybridized carbons (Fsp3) is 0.100. The maximum Gasteiger partial charge on any atom is 0.307 e. The van der Waals surface area contributed by atoms with Gasteiger partial charge in [0.25, 0.3) is 12.1 Å². The molecule has 2 rings (SSSR count). The molecule has 0 radical (unpaired) electrons. The number of hydrogen-bond donors (Lipinski definition) is 2. The number of nitrogen functional groups attached to an aromatic ring is 1. The fourth-order valence-electron chi connectivity index (χ4n) is 1.32. The van der Waals surface area contributed by atoms with Crippen molar-refractivity contribution in [3.05, 3.63) is 36.0 Å². The van der Waals surface area contributed by atoms with Crippen molar-refractivity contribution in [2.45, 2.75) is 6.42 Å². The maximum atomic E-state index is 10.5. The number of rotatable bonds is 3. The van der Waals surface area contributed by atoms with Crippen LogP contribution in [-0.4, -0.2) is 16.3 Å². The van der Waals surface area contributed by atoms with Gasteiger partial charge in [0.1, 0.15) is 0 Å². The molecular weight excluding hydrogens is 210 g/mol. The van der Waals surface area contributed by atoms with Crippen molar-refractivity contribution in [2.75, 3.05) is 5.73 Å². The second-order valence-corrected chi connectivity index (χ2v) is 3.29. The number of aromatic nitrogens is 2. The molecule has 3 N–H and O–H groups in total. The summed E-state index contributed by atoms with van der Waals surface area (Å²) in [4.78, 5) is 10.5. The van der Waals surface area contributed by atoms with Crippen LogP contribution in [0.3, 0.4) is 0 Å². The topological polar surface area (TPSA) is 93.2 Å². The third-order valence-corrected chi connectivity index (χ3v) is 2.04. The van der Waals surface area contributed by atoms with Crippen LogP contribution in [0.2, 0.25) is 0 Å². The smallest absolute Gasteiger partial charge is 0.307 e. The minimum atomic E-state index is -0.855. The number of aliphatic carboxylic acids is 1. The molecule has 1 aromatic heterocycles. The van der Waals surface area contributed by atoms with Gasteiger partial charge in [0.05, 0.1) is 6.42 Å². The first-order valence-corrected chi connectivity index (χ1v) is 4.60. The van der Waals surface area contributed by atoms with E-state index in [0.717, 1.165) is 11.3 Å². The van der Waals surface area contributed by atoms with E-state index in [1.165, 1.54) is 10.9 Å². The average Bonchev–Trinajstić information content (AvgIpc) is 2.65. The molecule has 0 fully saturated rings. The Labute approximate surface area is 90.9 Å². The first-order chi connectivity index (χ1) is 7.65. The van der Waals surface area contributed by atoms with Gasteiger partial charge in [-0.2, -0.15) is 0 Å². The number of benzene rings is 1. The van der Waals surface area contributed by atoms with E-state index in [-0.39, 0.29) is 12.3 Å².